The zero-order chi connectivity index (χ0) is 18.0. The number of esters is 1. The lowest BCUT2D eigenvalue weighted by Crippen LogP contribution is -2.41. The average Bonchev–Trinajstić information content (AvgIpc) is 3.29. The van der Waals surface area contributed by atoms with Crippen molar-refractivity contribution in [3.63, 3.8) is 0 Å². The van der Waals surface area contributed by atoms with E-state index in [1.807, 2.05) is 19.9 Å². The third kappa shape index (κ3) is 3.71. The molecule has 1 aliphatic heterocycles. The standard InChI is InChI=1S/C18H24N2O5/c1-4-15(17(21)19-10-12-6-5-7-23-12)25-18(22)14-9-16-13(20(14)3)8-11(2)24-16/h8-9,12,15H,4-7,10H2,1-3H3,(H,19,21). The Balaban J connectivity index is 1.63. The summed E-state index contributed by atoms with van der Waals surface area (Å²) in [6.45, 7) is 4.84. The number of fused-ring (bicyclic) bond motifs is 1. The summed E-state index contributed by atoms with van der Waals surface area (Å²) in [4.78, 5) is 24.7. The molecule has 136 valence electrons. The molecule has 7 nitrogen and oxygen atoms in total. The summed E-state index contributed by atoms with van der Waals surface area (Å²) in [6.07, 6.45) is 1.60. The van der Waals surface area contributed by atoms with Gasteiger partial charge in [0.05, 0.1) is 11.6 Å². The number of furan rings is 1. The molecule has 25 heavy (non-hydrogen) atoms. The van der Waals surface area contributed by atoms with Gasteiger partial charge in [0.15, 0.2) is 11.7 Å². The third-order valence-corrected chi connectivity index (χ3v) is 4.50. The third-order valence-electron chi connectivity index (χ3n) is 4.50. The zero-order valence-corrected chi connectivity index (χ0v) is 14.8. The lowest BCUT2D eigenvalue weighted by atomic mass is 10.2. The molecule has 1 amide bonds. The van der Waals surface area contributed by atoms with E-state index in [0.717, 1.165) is 30.7 Å². The van der Waals surface area contributed by atoms with Crippen LogP contribution in [0, 0.1) is 6.92 Å². The Labute approximate surface area is 146 Å². The smallest absolute Gasteiger partial charge is 0.355 e. The minimum absolute atomic E-state index is 0.0557. The van der Waals surface area contributed by atoms with Gasteiger partial charge in [-0.15, -0.1) is 0 Å². The molecule has 2 aromatic rings. The molecule has 1 fully saturated rings. The molecule has 0 spiro atoms. The van der Waals surface area contributed by atoms with Crippen LogP contribution in [0.1, 0.15) is 42.4 Å². The summed E-state index contributed by atoms with van der Waals surface area (Å²) in [7, 11) is 1.77. The van der Waals surface area contributed by atoms with Crippen molar-refractivity contribution in [2.75, 3.05) is 13.2 Å². The maximum absolute atomic E-state index is 12.5. The Bertz CT molecular complexity index is 770. The molecule has 2 aromatic heterocycles. The Morgan fingerprint density at radius 1 is 1.44 bits per heavy atom. The molecule has 1 aliphatic rings. The van der Waals surface area contributed by atoms with Gasteiger partial charge in [-0.25, -0.2) is 4.79 Å². The van der Waals surface area contributed by atoms with Gasteiger partial charge in [0, 0.05) is 32.3 Å². The maximum Gasteiger partial charge on any atom is 0.355 e. The summed E-state index contributed by atoms with van der Waals surface area (Å²) in [5.74, 6) is -0.0498. The predicted octanol–water partition coefficient (Wildman–Crippen LogP) is 2.31. The molecule has 1 N–H and O–H groups in total. The van der Waals surface area contributed by atoms with Crippen LogP contribution in [0.4, 0.5) is 0 Å². The molecule has 3 heterocycles. The van der Waals surface area contributed by atoms with Gasteiger partial charge in [0.1, 0.15) is 11.5 Å². The highest BCUT2D eigenvalue weighted by Crippen LogP contribution is 2.23. The summed E-state index contributed by atoms with van der Waals surface area (Å²) in [5, 5.41) is 2.81. The Morgan fingerprint density at radius 3 is 2.88 bits per heavy atom. The molecule has 2 atom stereocenters. The minimum atomic E-state index is -0.822. The molecule has 0 saturated carbocycles. The van der Waals surface area contributed by atoms with Gasteiger partial charge in [-0.3, -0.25) is 4.79 Å². The summed E-state index contributed by atoms with van der Waals surface area (Å²) < 4.78 is 18.1. The fourth-order valence-corrected chi connectivity index (χ4v) is 3.08. The van der Waals surface area contributed by atoms with E-state index in [-0.39, 0.29) is 12.0 Å². The summed E-state index contributed by atoms with van der Waals surface area (Å²) >= 11 is 0. The van der Waals surface area contributed by atoms with E-state index in [9.17, 15) is 9.59 Å². The highest BCUT2D eigenvalue weighted by atomic mass is 16.5. The molecule has 0 aliphatic carbocycles. The summed E-state index contributed by atoms with van der Waals surface area (Å²) in [5.41, 5.74) is 1.81. The number of carbonyl (C=O) groups is 2. The van der Waals surface area contributed by atoms with Crippen LogP contribution < -0.4 is 5.32 Å². The lowest BCUT2D eigenvalue weighted by molar-refractivity contribution is -0.130. The van der Waals surface area contributed by atoms with E-state index in [4.69, 9.17) is 13.9 Å². The van der Waals surface area contributed by atoms with Gasteiger partial charge >= 0.3 is 5.97 Å². The van der Waals surface area contributed by atoms with Crippen molar-refractivity contribution >= 4 is 23.0 Å². The zero-order valence-electron chi connectivity index (χ0n) is 14.8. The highest BCUT2D eigenvalue weighted by molar-refractivity contribution is 5.95. The fourth-order valence-electron chi connectivity index (χ4n) is 3.08. The van der Waals surface area contributed by atoms with Crippen LogP contribution >= 0.6 is 0 Å². The fraction of sp³-hybridized carbons (Fsp3) is 0.556. The molecule has 2 unspecified atom stereocenters. The van der Waals surface area contributed by atoms with E-state index in [1.165, 1.54) is 0 Å². The van der Waals surface area contributed by atoms with E-state index in [2.05, 4.69) is 5.32 Å². The SMILES string of the molecule is CCC(OC(=O)c1cc2oc(C)cc2n1C)C(=O)NCC1CCCO1. The van der Waals surface area contributed by atoms with Gasteiger partial charge in [-0.05, 0) is 26.2 Å². The number of hydrogen-bond acceptors (Lipinski definition) is 5. The molecule has 0 bridgehead atoms. The second-order valence-corrected chi connectivity index (χ2v) is 6.38. The first-order valence-electron chi connectivity index (χ1n) is 8.65. The first-order chi connectivity index (χ1) is 12.0. The van der Waals surface area contributed by atoms with Crippen molar-refractivity contribution in [2.45, 2.75) is 45.3 Å². The number of amides is 1. The number of rotatable bonds is 6. The van der Waals surface area contributed by atoms with Crippen LogP contribution in [0.3, 0.4) is 0 Å². The molecule has 1 saturated heterocycles. The summed E-state index contributed by atoms with van der Waals surface area (Å²) in [6, 6.07) is 3.50. The number of aromatic nitrogens is 1. The lowest BCUT2D eigenvalue weighted by Gasteiger charge is -2.17. The van der Waals surface area contributed by atoms with Crippen molar-refractivity contribution in [1.82, 2.24) is 9.88 Å². The van der Waals surface area contributed by atoms with Gasteiger partial charge in [-0.2, -0.15) is 0 Å². The van der Waals surface area contributed by atoms with Gasteiger partial charge in [0.25, 0.3) is 5.91 Å². The van der Waals surface area contributed by atoms with E-state index >= 15 is 0 Å². The predicted molar refractivity (Wildman–Crippen MR) is 91.4 cm³/mol. The number of hydrogen-bond donors (Lipinski definition) is 1. The molecule has 0 aromatic carbocycles. The second kappa shape index (κ2) is 7.31. The number of aryl methyl sites for hydroxylation is 2. The van der Waals surface area contributed by atoms with Crippen molar-refractivity contribution in [3.05, 3.63) is 23.6 Å². The monoisotopic (exact) mass is 348 g/mol. The van der Waals surface area contributed by atoms with Gasteiger partial charge in [0.2, 0.25) is 0 Å². The van der Waals surface area contributed by atoms with Crippen molar-refractivity contribution in [1.29, 1.82) is 0 Å². The maximum atomic E-state index is 12.5. The van der Waals surface area contributed by atoms with Gasteiger partial charge in [-0.1, -0.05) is 6.92 Å². The van der Waals surface area contributed by atoms with Gasteiger partial charge < -0.3 is 23.8 Å². The molecule has 7 heteroatoms. The molecule has 0 radical (unpaired) electrons. The van der Waals surface area contributed by atoms with Crippen LogP contribution in [0.25, 0.3) is 11.1 Å². The Kier molecular flexibility index (Phi) is 5.13. The number of carbonyl (C=O) groups excluding carboxylic acids is 2. The van der Waals surface area contributed by atoms with Crippen molar-refractivity contribution in [3.8, 4) is 0 Å². The quantitative estimate of drug-likeness (QED) is 0.810. The van der Waals surface area contributed by atoms with E-state index in [1.54, 1.807) is 17.7 Å². The second-order valence-electron chi connectivity index (χ2n) is 6.38. The average molecular weight is 348 g/mol. The highest BCUT2D eigenvalue weighted by Gasteiger charge is 2.26. The number of ether oxygens (including phenoxy) is 2. The topological polar surface area (TPSA) is 82.7 Å². The minimum Gasteiger partial charge on any atom is -0.460 e. The number of nitrogens with one attached hydrogen (secondary N) is 1. The number of nitrogens with zero attached hydrogens (tertiary/aromatic N) is 1. The van der Waals surface area contributed by atoms with Crippen LogP contribution in [-0.2, 0) is 21.3 Å². The van der Waals surface area contributed by atoms with Crippen molar-refractivity contribution in [2.24, 2.45) is 7.05 Å². The van der Waals surface area contributed by atoms with Crippen LogP contribution in [0.15, 0.2) is 16.5 Å². The molecule has 3 rings (SSSR count). The Hall–Kier alpha value is -2.28. The van der Waals surface area contributed by atoms with E-state index < -0.39 is 12.1 Å². The van der Waals surface area contributed by atoms with Crippen LogP contribution in [-0.4, -0.2) is 41.8 Å². The molecular weight excluding hydrogens is 324 g/mol. The van der Waals surface area contributed by atoms with Crippen LogP contribution in [0.5, 0.6) is 0 Å². The first kappa shape index (κ1) is 17.5. The van der Waals surface area contributed by atoms with E-state index in [0.29, 0.717) is 24.2 Å². The molecular formula is C18H24N2O5. The van der Waals surface area contributed by atoms with Crippen LogP contribution in [0.2, 0.25) is 0 Å². The first-order valence-corrected chi connectivity index (χ1v) is 8.65. The van der Waals surface area contributed by atoms with Crippen molar-refractivity contribution < 1.29 is 23.5 Å². The largest absolute Gasteiger partial charge is 0.460 e. The normalized spacial score (nSPS) is 18.4. The Morgan fingerprint density at radius 2 is 2.24 bits per heavy atom.